The summed E-state index contributed by atoms with van der Waals surface area (Å²) in [5.41, 5.74) is 1.81. The Kier molecular flexibility index (Phi) is 3.40. The lowest BCUT2D eigenvalue weighted by molar-refractivity contribution is -0.144. The third-order valence-electron chi connectivity index (χ3n) is 2.86. The number of carboxylic acids is 2. The zero-order chi connectivity index (χ0) is 13.1. The fourth-order valence-corrected chi connectivity index (χ4v) is 2.02. The Morgan fingerprint density at radius 2 is 2.11 bits per heavy atom. The fraction of sp³-hybridized carbons (Fsp3) is 0.455. The first-order valence-corrected chi connectivity index (χ1v) is 5.62. The van der Waals surface area contributed by atoms with E-state index in [4.69, 9.17) is 10.2 Å². The van der Waals surface area contributed by atoms with Gasteiger partial charge < -0.3 is 15.5 Å². The highest BCUT2D eigenvalue weighted by molar-refractivity contribution is 5.83. The third-order valence-corrected chi connectivity index (χ3v) is 2.86. The van der Waals surface area contributed by atoms with E-state index >= 15 is 0 Å². The van der Waals surface area contributed by atoms with Gasteiger partial charge in [0.25, 0.3) is 0 Å². The van der Waals surface area contributed by atoms with E-state index in [-0.39, 0.29) is 0 Å². The zero-order valence-electron chi connectivity index (χ0n) is 9.59. The van der Waals surface area contributed by atoms with Crippen molar-refractivity contribution in [3.05, 3.63) is 17.6 Å². The van der Waals surface area contributed by atoms with Crippen molar-refractivity contribution in [3.8, 4) is 0 Å². The van der Waals surface area contributed by atoms with Gasteiger partial charge in [-0.3, -0.25) is 4.79 Å². The van der Waals surface area contributed by atoms with Crippen molar-refractivity contribution in [2.45, 2.75) is 31.7 Å². The highest BCUT2D eigenvalue weighted by Gasteiger charge is 2.24. The van der Waals surface area contributed by atoms with Crippen LogP contribution in [0.2, 0.25) is 0 Å². The van der Waals surface area contributed by atoms with Crippen LogP contribution >= 0.6 is 0 Å². The van der Waals surface area contributed by atoms with Gasteiger partial charge in [-0.05, 0) is 19.3 Å². The number of hydrogen-bond acceptors (Lipinski definition) is 5. The highest BCUT2D eigenvalue weighted by atomic mass is 16.4. The number of anilines is 1. The van der Waals surface area contributed by atoms with E-state index in [1.54, 1.807) is 0 Å². The molecule has 18 heavy (non-hydrogen) atoms. The van der Waals surface area contributed by atoms with E-state index in [9.17, 15) is 9.59 Å². The average Bonchev–Trinajstić information content (AvgIpc) is 2.76. The molecule has 7 heteroatoms. The standard InChI is InChI=1S/C11H13N3O4/c15-9(16)4-8(11(17)18)14-10-6-2-1-3-7(6)12-5-13-10/h5,8H,1-4H2,(H,15,16)(H,17,18)(H,12,13,14). The summed E-state index contributed by atoms with van der Waals surface area (Å²) < 4.78 is 0. The molecule has 0 saturated carbocycles. The van der Waals surface area contributed by atoms with Crippen molar-refractivity contribution < 1.29 is 19.8 Å². The van der Waals surface area contributed by atoms with Gasteiger partial charge in [0.15, 0.2) is 0 Å². The first-order chi connectivity index (χ1) is 8.58. The summed E-state index contributed by atoms with van der Waals surface area (Å²) in [6.45, 7) is 0. The molecule has 96 valence electrons. The van der Waals surface area contributed by atoms with Gasteiger partial charge in [0.1, 0.15) is 18.2 Å². The second-order valence-corrected chi connectivity index (χ2v) is 4.13. The molecule has 1 unspecified atom stereocenters. The van der Waals surface area contributed by atoms with Gasteiger partial charge in [0.2, 0.25) is 0 Å². The predicted molar refractivity (Wildman–Crippen MR) is 61.4 cm³/mol. The van der Waals surface area contributed by atoms with Crippen molar-refractivity contribution in [2.24, 2.45) is 0 Å². The summed E-state index contributed by atoms with van der Waals surface area (Å²) >= 11 is 0. The molecule has 0 fully saturated rings. The quantitative estimate of drug-likeness (QED) is 0.690. The van der Waals surface area contributed by atoms with Crippen molar-refractivity contribution in [2.75, 3.05) is 5.32 Å². The second-order valence-electron chi connectivity index (χ2n) is 4.13. The van der Waals surface area contributed by atoms with Gasteiger partial charge in [-0.15, -0.1) is 0 Å². The largest absolute Gasteiger partial charge is 0.481 e. The minimum absolute atomic E-state index is 0.436. The number of fused-ring (bicyclic) bond motifs is 1. The minimum Gasteiger partial charge on any atom is -0.481 e. The molecule has 1 aromatic rings. The first-order valence-electron chi connectivity index (χ1n) is 5.62. The molecular weight excluding hydrogens is 238 g/mol. The molecular formula is C11H13N3O4. The number of nitrogens with one attached hydrogen (secondary N) is 1. The summed E-state index contributed by atoms with van der Waals surface area (Å²) in [7, 11) is 0. The lowest BCUT2D eigenvalue weighted by atomic mass is 10.2. The van der Waals surface area contributed by atoms with E-state index in [1.165, 1.54) is 6.33 Å². The molecule has 1 aliphatic rings. The molecule has 0 radical (unpaired) electrons. The van der Waals surface area contributed by atoms with Crippen molar-refractivity contribution in [1.29, 1.82) is 0 Å². The third kappa shape index (κ3) is 2.55. The fourth-order valence-electron chi connectivity index (χ4n) is 2.02. The predicted octanol–water partition coefficient (Wildman–Crippen LogP) is 0.305. The van der Waals surface area contributed by atoms with E-state index in [0.29, 0.717) is 5.82 Å². The SMILES string of the molecule is O=C(O)CC(Nc1ncnc2c1CCC2)C(=O)O. The Balaban J connectivity index is 2.19. The molecule has 0 bridgehead atoms. The summed E-state index contributed by atoms with van der Waals surface area (Å²) in [6.07, 6.45) is 3.47. The molecule has 3 N–H and O–H groups in total. The van der Waals surface area contributed by atoms with E-state index < -0.39 is 24.4 Å². The second kappa shape index (κ2) is 4.99. The number of carbonyl (C=O) groups is 2. The molecule has 7 nitrogen and oxygen atoms in total. The number of aryl methyl sites for hydroxylation is 1. The number of rotatable bonds is 5. The molecule has 1 atom stereocenters. The van der Waals surface area contributed by atoms with Gasteiger partial charge in [-0.25, -0.2) is 14.8 Å². The van der Waals surface area contributed by atoms with Crippen LogP contribution in [0.25, 0.3) is 0 Å². The molecule has 0 aromatic carbocycles. The van der Waals surface area contributed by atoms with Gasteiger partial charge in [0, 0.05) is 11.3 Å². The van der Waals surface area contributed by atoms with Crippen LogP contribution in [0.3, 0.4) is 0 Å². The molecule has 1 heterocycles. The van der Waals surface area contributed by atoms with Crippen LogP contribution in [0.5, 0.6) is 0 Å². The number of aromatic nitrogens is 2. The molecule has 0 saturated heterocycles. The van der Waals surface area contributed by atoms with Crippen LogP contribution < -0.4 is 5.32 Å². The molecule has 0 aliphatic heterocycles. The van der Waals surface area contributed by atoms with Gasteiger partial charge in [0.05, 0.1) is 6.42 Å². The summed E-state index contributed by atoms with van der Waals surface area (Å²) in [4.78, 5) is 29.7. The maximum atomic E-state index is 11.0. The molecule has 1 aromatic heterocycles. The van der Waals surface area contributed by atoms with Crippen LogP contribution in [0.1, 0.15) is 24.1 Å². The average molecular weight is 251 g/mol. The van der Waals surface area contributed by atoms with E-state index in [0.717, 1.165) is 30.5 Å². The van der Waals surface area contributed by atoms with Crippen LogP contribution in [0.15, 0.2) is 6.33 Å². The zero-order valence-corrected chi connectivity index (χ0v) is 9.59. The minimum atomic E-state index is -1.21. The van der Waals surface area contributed by atoms with Gasteiger partial charge in [-0.1, -0.05) is 0 Å². The Morgan fingerprint density at radius 3 is 2.78 bits per heavy atom. The summed E-state index contributed by atoms with van der Waals surface area (Å²) in [6, 6.07) is -1.18. The van der Waals surface area contributed by atoms with Crippen LogP contribution in [-0.2, 0) is 22.4 Å². The molecule has 1 aliphatic carbocycles. The summed E-state index contributed by atoms with van der Waals surface area (Å²) in [5, 5.41) is 20.3. The first kappa shape index (κ1) is 12.3. The smallest absolute Gasteiger partial charge is 0.326 e. The summed E-state index contributed by atoms with van der Waals surface area (Å²) in [5.74, 6) is -1.94. The highest BCUT2D eigenvalue weighted by Crippen LogP contribution is 2.25. The van der Waals surface area contributed by atoms with Crippen LogP contribution in [-0.4, -0.2) is 38.2 Å². The lowest BCUT2D eigenvalue weighted by Crippen LogP contribution is -2.32. The van der Waals surface area contributed by atoms with Crippen molar-refractivity contribution in [3.63, 3.8) is 0 Å². The number of nitrogens with zero attached hydrogens (tertiary/aromatic N) is 2. The monoisotopic (exact) mass is 251 g/mol. The normalized spacial score (nSPS) is 14.9. The van der Waals surface area contributed by atoms with E-state index in [1.807, 2.05) is 0 Å². The van der Waals surface area contributed by atoms with E-state index in [2.05, 4.69) is 15.3 Å². The Labute approximate surface area is 103 Å². The molecule has 0 amide bonds. The van der Waals surface area contributed by atoms with Crippen LogP contribution in [0, 0.1) is 0 Å². The Morgan fingerprint density at radius 1 is 1.33 bits per heavy atom. The Hall–Kier alpha value is -2.18. The van der Waals surface area contributed by atoms with Gasteiger partial charge in [-0.2, -0.15) is 0 Å². The number of hydrogen-bond donors (Lipinski definition) is 3. The molecule has 0 spiro atoms. The topological polar surface area (TPSA) is 112 Å². The number of carboxylic acid groups (broad SMARTS) is 2. The van der Waals surface area contributed by atoms with Crippen molar-refractivity contribution in [1.82, 2.24) is 9.97 Å². The maximum Gasteiger partial charge on any atom is 0.326 e. The maximum absolute atomic E-state index is 11.0. The van der Waals surface area contributed by atoms with Crippen molar-refractivity contribution >= 4 is 17.8 Å². The van der Waals surface area contributed by atoms with Gasteiger partial charge >= 0.3 is 11.9 Å². The van der Waals surface area contributed by atoms with Crippen LogP contribution in [0.4, 0.5) is 5.82 Å². The Bertz CT molecular complexity index is 489. The molecule has 2 rings (SSSR count). The lowest BCUT2D eigenvalue weighted by Gasteiger charge is -2.15. The number of aliphatic carboxylic acids is 2.